The minimum Gasteiger partial charge on any atom is -0.479 e. The first-order chi connectivity index (χ1) is 13.0. The van der Waals surface area contributed by atoms with Gasteiger partial charge in [0.1, 0.15) is 6.61 Å². The molecule has 0 radical (unpaired) electrons. The number of benzene rings is 1. The number of hydrogen-bond donors (Lipinski definition) is 0. The second-order valence-corrected chi connectivity index (χ2v) is 6.83. The lowest BCUT2D eigenvalue weighted by Gasteiger charge is -2.34. The van der Waals surface area contributed by atoms with E-state index < -0.39 is 17.4 Å². The van der Waals surface area contributed by atoms with Gasteiger partial charge < -0.3 is 19.1 Å². The van der Waals surface area contributed by atoms with Gasteiger partial charge in [-0.05, 0) is 38.6 Å². The summed E-state index contributed by atoms with van der Waals surface area (Å²) in [5, 5.41) is 3.76. The number of carbonyl (C=O) groups is 1. The fourth-order valence-corrected chi connectivity index (χ4v) is 3.21. The lowest BCUT2D eigenvalue weighted by Crippen LogP contribution is -2.45. The normalized spacial score (nSPS) is 17.7. The molecular formula is C19H23F2N3O3. The molecule has 1 aliphatic rings. The largest absolute Gasteiger partial charge is 0.479 e. The van der Waals surface area contributed by atoms with Crippen LogP contribution < -0.4 is 4.74 Å². The van der Waals surface area contributed by atoms with E-state index in [9.17, 15) is 13.6 Å². The third-order valence-electron chi connectivity index (χ3n) is 4.81. The monoisotopic (exact) mass is 379 g/mol. The van der Waals surface area contributed by atoms with E-state index in [2.05, 4.69) is 17.1 Å². The van der Waals surface area contributed by atoms with E-state index in [4.69, 9.17) is 9.26 Å². The first-order valence-corrected chi connectivity index (χ1v) is 8.94. The van der Waals surface area contributed by atoms with Gasteiger partial charge in [-0.2, -0.15) is 0 Å². The van der Waals surface area contributed by atoms with Crippen molar-refractivity contribution in [2.24, 2.45) is 0 Å². The molecule has 1 aromatic heterocycles. The van der Waals surface area contributed by atoms with Gasteiger partial charge in [-0.15, -0.1) is 0 Å². The molecule has 27 heavy (non-hydrogen) atoms. The molecule has 1 aromatic carbocycles. The maximum absolute atomic E-state index is 13.6. The van der Waals surface area contributed by atoms with Crippen LogP contribution in [-0.2, 0) is 6.61 Å². The number of hydrogen-bond acceptors (Lipinski definition) is 5. The highest BCUT2D eigenvalue weighted by Crippen LogP contribution is 2.22. The van der Waals surface area contributed by atoms with Crippen LogP contribution in [0.2, 0.25) is 0 Å². The Labute approximate surface area is 156 Å². The summed E-state index contributed by atoms with van der Waals surface area (Å²) in [6.45, 7) is 1.41. The zero-order valence-electron chi connectivity index (χ0n) is 15.5. The molecule has 1 aliphatic heterocycles. The van der Waals surface area contributed by atoms with E-state index in [1.54, 1.807) is 11.9 Å². The average molecular weight is 379 g/mol. The Morgan fingerprint density at radius 2 is 2.11 bits per heavy atom. The van der Waals surface area contributed by atoms with Gasteiger partial charge in [0.2, 0.25) is 0 Å². The summed E-state index contributed by atoms with van der Waals surface area (Å²) >= 11 is 0. The number of carbonyl (C=O) groups excluding carboxylic acids is 1. The fourth-order valence-electron chi connectivity index (χ4n) is 3.21. The van der Waals surface area contributed by atoms with E-state index in [0.717, 1.165) is 31.5 Å². The Hall–Kier alpha value is -2.48. The topological polar surface area (TPSA) is 58.8 Å². The summed E-state index contributed by atoms with van der Waals surface area (Å²) in [6.07, 6.45) is 3.40. The SMILES string of the molecule is CN(C[C@H]1CCCCN1C)C(=O)c1cc(COc2c(F)cccc2F)on1. The molecular weight excluding hydrogens is 356 g/mol. The highest BCUT2D eigenvalue weighted by molar-refractivity contribution is 5.92. The van der Waals surface area contributed by atoms with Gasteiger partial charge in [0, 0.05) is 25.7 Å². The molecule has 2 aromatic rings. The third-order valence-corrected chi connectivity index (χ3v) is 4.81. The van der Waals surface area contributed by atoms with Gasteiger partial charge in [0.15, 0.2) is 28.8 Å². The van der Waals surface area contributed by atoms with Gasteiger partial charge in [-0.3, -0.25) is 4.79 Å². The van der Waals surface area contributed by atoms with Gasteiger partial charge in [0.05, 0.1) is 0 Å². The Morgan fingerprint density at radius 1 is 1.37 bits per heavy atom. The van der Waals surface area contributed by atoms with Crippen molar-refractivity contribution in [1.82, 2.24) is 15.0 Å². The van der Waals surface area contributed by atoms with E-state index in [1.807, 2.05) is 0 Å². The first-order valence-electron chi connectivity index (χ1n) is 8.94. The van der Waals surface area contributed by atoms with E-state index in [1.165, 1.54) is 18.6 Å². The molecule has 1 saturated heterocycles. The molecule has 1 amide bonds. The van der Waals surface area contributed by atoms with E-state index >= 15 is 0 Å². The van der Waals surface area contributed by atoms with E-state index in [0.29, 0.717) is 12.6 Å². The Balaban J connectivity index is 1.58. The fraction of sp³-hybridized carbons (Fsp3) is 0.474. The van der Waals surface area contributed by atoms with Crippen molar-refractivity contribution < 1.29 is 22.8 Å². The van der Waals surface area contributed by atoms with Crippen LogP contribution in [0.5, 0.6) is 5.75 Å². The molecule has 0 spiro atoms. The standard InChI is InChI=1S/C19H23F2N3O3/c1-23-9-4-3-6-13(23)11-24(2)19(25)17-10-14(27-22-17)12-26-18-15(20)7-5-8-16(18)21/h5,7-8,10,13H,3-4,6,9,11-12H2,1-2H3/t13-/m1/s1. The molecule has 2 heterocycles. The van der Waals surface area contributed by atoms with Crippen LogP contribution in [0.15, 0.2) is 28.8 Å². The number of rotatable bonds is 6. The zero-order valence-corrected chi connectivity index (χ0v) is 15.5. The number of likely N-dealkylation sites (N-methyl/N-ethyl adjacent to an activating group) is 2. The smallest absolute Gasteiger partial charge is 0.275 e. The highest BCUT2D eigenvalue weighted by Gasteiger charge is 2.24. The molecule has 0 bridgehead atoms. The van der Waals surface area contributed by atoms with Gasteiger partial charge in [-0.25, -0.2) is 8.78 Å². The minimum atomic E-state index is -0.804. The molecule has 8 heteroatoms. The molecule has 0 saturated carbocycles. The average Bonchev–Trinajstić information content (AvgIpc) is 3.11. The molecule has 3 rings (SSSR count). The molecule has 146 valence electrons. The van der Waals surface area contributed by atoms with Crippen molar-refractivity contribution in [2.75, 3.05) is 27.2 Å². The van der Waals surface area contributed by atoms with Crippen molar-refractivity contribution in [3.8, 4) is 5.75 Å². The van der Waals surface area contributed by atoms with E-state index in [-0.39, 0.29) is 24.0 Å². The maximum atomic E-state index is 13.6. The lowest BCUT2D eigenvalue weighted by molar-refractivity contribution is 0.0707. The molecule has 0 aliphatic carbocycles. The van der Waals surface area contributed by atoms with Crippen molar-refractivity contribution in [2.45, 2.75) is 31.9 Å². The van der Waals surface area contributed by atoms with Crippen LogP contribution >= 0.6 is 0 Å². The first kappa shape index (κ1) is 19.3. The Kier molecular flexibility index (Phi) is 6.05. The predicted molar refractivity (Wildman–Crippen MR) is 94.4 cm³/mol. The van der Waals surface area contributed by atoms with Crippen molar-refractivity contribution >= 4 is 5.91 Å². The van der Waals surface area contributed by atoms with Crippen LogP contribution in [0.25, 0.3) is 0 Å². The number of likely N-dealkylation sites (tertiary alicyclic amines) is 1. The molecule has 6 nitrogen and oxygen atoms in total. The highest BCUT2D eigenvalue weighted by atomic mass is 19.1. The molecule has 1 fully saturated rings. The summed E-state index contributed by atoms with van der Waals surface area (Å²) in [5.74, 6) is -2.14. The van der Waals surface area contributed by atoms with Crippen LogP contribution in [0.3, 0.4) is 0 Å². The predicted octanol–water partition coefficient (Wildman–Crippen LogP) is 3.09. The van der Waals surface area contributed by atoms with Gasteiger partial charge >= 0.3 is 0 Å². The van der Waals surface area contributed by atoms with Crippen LogP contribution in [0.1, 0.15) is 35.5 Å². The number of piperidine rings is 1. The maximum Gasteiger partial charge on any atom is 0.275 e. The summed E-state index contributed by atoms with van der Waals surface area (Å²) in [4.78, 5) is 16.4. The number of amides is 1. The Bertz CT molecular complexity index is 776. The lowest BCUT2D eigenvalue weighted by atomic mass is 10.0. The molecule has 0 N–H and O–H groups in total. The van der Waals surface area contributed by atoms with Crippen molar-refractivity contribution in [3.05, 3.63) is 47.4 Å². The Morgan fingerprint density at radius 3 is 2.81 bits per heavy atom. The number of ether oxygens (including phenoxy) is 1. The summed E-state index contributed by atoms with van der Waals surface area (Å²) < 4.78 is 37.3. The summed E-state index contributed by atoms with van der Waals surface area (Å²) in [5.41, 5.74) is 0.142. The van der Waals surface area contributed by atoms with Crippen molar-refractivity contribution in [1.29, 1.82) is 0 Å². The number of nitrogens with zero attached hydrogens (tertiary/aromatic N) is 3. The molecule has 0 unspecified atom stereocenters. The second-order valence-electron chi connectivity index (χ2n) is 6.83. The zero-order chi connectivity index (χ0) is 19.4. The van der Waals surface area contributed by atoms with Gasteiger partial charge in [-0.1, -0.05) is 17.6 Å². The van der Waals surface area contributed by atoms with Gasteiger partial charge in [0.25, 0.3) is 5.91 Å². The third kappa shape index (κ3) is 4.63. The molecule has 1 atom stereocenters. The number of para-hydroxylation sites is 1. The summed E-state index contributed by atoms with van der Waals surface area (Å²) in [6, 6.07) is 5.21. The summed E-state index contributed by atoms with van der Waals surface area (Å²) in [7, 11) is 3.79. The quantitative estimate of drug-likeness (QED) is 0.772. The van der Waals surface area contributed by atoms with Crippen LogP contribution in [-0.4, -0.2) is 54.1 Å². The van der Waals surface area contributed by atoms with Crippen LogP contribution in [0, 0.1) is 11.6 Å². The van der Waals surface area contributed by atoms with Crippen molar-refractivity contribution in [3.63, 3.8) is 0 Å². The minimum absolute atomic E-state index is 0.142. The van der Waals surface area contributed by atoms with Crippen LogP contribution in [0.4, 0.5) is 8.78 Å². The second kappa shape index (κ2) is 8.47. The number of halogens is 2. The number of aromatic nitrogens is 1.